The van der Waals surface area contributed by atoms with Gasteiger partial charge in [-0.2, -0.15) is 11.8 Å². The molecule has 2 saturated heterocycles. The van der Waals surface area contributed by atoms with Crippen molar-refractivity contribution in [1.29, 1.82) is 0 Å². The van der Waals surface area contributed by atoms with Crippen LogP contribution in [0.2, 0.25) is 0 Å². The van der Waals surface area contributed by atoms with E-state index in [0.29, 0.717) is 5.56 Å². The van der Waals surface area contributed by atoms with Gasteiger partial charge in [0, 0.05) is 44.5 Å². The third-order valence-electron chi connectivity index (χ3n) is 5.76. The van der Waals surface area contributed by atoms with Crippen molar-refractivity contribution in [3.63, 3.8) is 0 Å². The number of rotatable bonds is 8. The summed E-state index contributed by atoms with van der Waals surface area (Å²) in [5, 5.41) is 9.52. The maximum absolute atomic E-state index is 11.8. The highest BCUT2D eigenvalue weighted by Gasteiger charge is 2.40. The van der Waals surface area contributed by atoms with Gasteiger partial charge in [0.1, 0.15) is 0 Å². The molecule has 3 N–H and O–H groups in total. The third-order valence-corrected chi connectivity index (χ3v) is 7.00. The van der Waals surface area contributed by atoms with Crippen molar-refractivity contribution < 1.29 is 9.53 Å². The topological polar surface area (TPSA) is 78.0 Å². The Hall–Kier alpha value is -1.77. The second-order valence-corrected chi connectivity index (χ2v) is 8.88. The van der Waals surface area contributed by atoms with Gasteiger partial charge in [-0.1, -0.05) is 12.1 Å². The van der Waals surface area contributed by atoms with Crippen LogP contribution in [0.1, 0.15) is 29.3 Å². The maximum Gasteiger partial charge on any atom is 0.251 e. The predicted octanol–water partition coefficient (Wildman–Crippen LogP) is 1.35. The van der Waals surface area contributed by atoms with E-state index in [1.807, 2.05) is 30.0 Å². The molecule has 7 nitrogen and oxygen atoms in total. The molecule has 2 aliphatic rings. The molecule has 1 aromatic rings. The van der Waals surface area contributed by atoms with Crippen molar-refractivity contribution in [2.24, 2.45) is 4.99 Å². The summed E-state index contributed by atoms with van der Waals surface area (Å²) in [6, 6.07) is 7.78. The molecule has 0 spiro atoms. The normalized spacial score (nSPS) is 22.7. The standard InChI is InChI=1S/C22H35N5O2S/c1-3-24-21(25-9-7-18-5-4-6-19(15-18)20(28)23-2)26-16-22(8-14-30-17-22)27-10-12-29-13-11-27/h4-6,15H,3,7-14,16-17H2,1-2H3,(H,23,28)(H2,24,25,26). The summed E-state index contributed by atoms with van der Waals surface area (Å²) in [5.41, 5.74) is 1.98. The van der Waals surface area contributed by atoms with Crippen LogP contribution in [0.25, 0.3) is 0 Å². The number of thioether (sulfide) groups is 1. The summed E-state index contributed by atoms with van der Waals surface area (Å²) in [7, 11) is 1.66. The SMILES string of the molecule is CCNC(=NCC1(N2CCOCC2)CCSC1)NCCc1cccc(C(=O)NC)c1. The molecule has 166 valence electrons. The Morgan fingerprint density at radius 1 is 1.30 bits per heavy atom. The Kier molecular flexibility index (Phi) is 8.84. The van der Waals surface area contributed by atoms with Crippen molar-refractivity contribution in [2.75, 3.05) is 64.5 Å². The van der Waals surface area contributed by atoms with Crippen LogP contribution in [0, 0.1) is 0 Å². The van der Waals surface area contributed by atoms with E-state index in [1.165, 1.54) is 12.2 Å². The highest BCUT2D eigenvalue weighted by molar-refractivity contribution is 7.99. The van der Waals surface area contributed by atoms with Crippen LogP contribution in [-0.2, 0) is 11.2 Å². The van der Waals surface area contributed by atoms with Crippen molar-refractivity contribution in [3.8, 4) is 0 Å². The Bertz CT molecular complexity index is 715. The summed E-state index contributed by atoms with van der Waals surface area (Å²) in [5.74, 6) is 3.16. The Balaban J connectivity index is 1.58. The molecule has 0 aliphatic carbocycles. The van der Waals surface area contributed by atoms with E-state index in [9.17, 15) is 4.79 Å². The minimum absolute atomic E-state index is 0.0532. The fraction of sp³-hybridized carbons (Fsp3) is 0.636. The van der Waals surface area contributed by atoms with Crippen LogP contribution in [0.5, 0.6) is 0 Å². The average Bonchev–Trinajstić information content (AvgIpc) is 3.28. The van der Waals surface area contributed by atoms with Crippen LogP contribution in [0.15, 0.2) is 29.3 Å². The van der Waals surface area contributed by atoms with Crippen LogP contribution in [-0.4, -0.2) is 86.8 Å². The predicted molar refractivity (Wildman–Crippen MR) is 125 cm³/mol. The first kappa shape index (κ1) is 22.9. The van der Waals surface area contributed by atoms with Gasteiger partial charge in [0.15, 0.2) is 5.96 Å². The van der Waals surface area contributed by atoms with Crippen LogP contribution in [0.3, 0.4) is 0 Å². The molecule has 2 fully saturated rings. The molecule has 1 aromatic carbocycles. The number of aliphatic imine (C=N–C) groups is 1. The second-order valence-electron chi connectivity index (χ2n) is 7.78. The molecule has 1 amide bonds. The van der Waals surface area contributed by atoms with Crippen molar-refractivity contribution >= 4 is 23.6 Å². The molecule has 0 bridgehead atoms. The first-order valence-electron chi connectivity index (χ1n) is 10.9. The smallest absolute Gasteiger partial charge is 0.251 e. The monoisotopic (exact) mass is 433 g/mol. The van der Waals surface area contributed by atoms with Crippen molar-refractivity contribution in [1.82, 2.24) is 20.9 Å². The molecule has 0 radical (unpaired) electrons. The molecule has 2 heterocycles. The fourth-order valence-corrected chi connectivity index (χ4v) is 5.48. The number of hydrogen-bond acceptors (Lipinski definition) is 5. The van der Waals surface area contributed by atoms with Gasteiger partial charge in [0.25, 0.3) is 5.91 Å². The summed E-state index contributed by atoms with van der Waals surface area (Å²) < 4.78 is 5.56. The highest BCUT2D eigenvalue weighted by Crippen LogP contribution is 2.34. The lowest BCUT2D eigenvalue weighted by Gasteiger charge is -2.42. The summed E-state index contributed by atoms with van der Waals surface area (Å²) in [4.78, 5) is 19.4. The summed E-state index contributed by atoms with van der Waals surface area (Å²) in [6.07, 6.45) is 2.02. The number of nitrogens with one attached hydrogen (secondary N) is 3. The van der Waals surface area contributed by atoms with Crippen molar-refractivity contribution in [2.45, 2.75) is 25.3 Å². The lowest BCUT2D eigenvalue weighted by Crippen LogP contribution is -2.56. The highest BCUT2D eigenvalue weighted by atomic mass is 32.2. The van der Waals surface area contributed by atoms with Gasteiger partial charge < -0.3 is 20.7 Å². The van der Waals surface area contributed by atoms with Crippen molar-refractivity contribution in [3.05, 3.63) is 35.4 Å². The first-order chi connectivity index (χ1) is 14.7. The molecular weight excluding hydrogens is 398 g/mol. The zero-order valence-corrected chi connectivity index (χ0v) is 19.0. The molecule has 30 heavy (non-hydrogen) atoms. The lowest BCUT2D eigenvalue weighted by molar-refractivity contribution is -0.0104. The molecule has 8 heteroatoms. The van der Waals surface area contributed by atoms with Gasteiger partial charge in [-0.3, -0.25) is 14.7 Å². The first-order valence-corrected chi connectivity index (χ1v) is 12.1. The number of carbonyl (C=O) groups is 1. The molecule has 3 rings (SSSR count). The number of morpholine rings is 1. The van der Waals surface area contributed by atoms with E-state index in [2.05, 4.69) is 33.8 Å². The molecular formula is C22H35N5O2S. The lowest BCUT2D eigenvalue weighted by atomic mass is 9.96. The Morgan fingerprint density at radius 2 is 2.13 bits per heavy atom. The molecule has 1 atom stereocenters. The van der Waals surface area contributed by atoms with Gasteiger partial charge in [0.2, 0.25) is 0 Å². The number of guanidine groups is 1. The molecule has 0 aromatic heterocycles. The zero-order valence-electron chi connectivity index (χ0n) is 18.2. The molecule has 1 unspecified atom stereocenters. The average molecular weight is 434 g/mol. The summed E-state index contributed by atoms with van der Waals surface area (Å²) in [6.45, 7) is 8.14. The molecule has 0 saturated carbocycles. The van der Waals surface area contributed by atoms with Crippen LogP contribution < -0.4 is 16.0 Å². The molecule has 2 aliphatic heterocycles. The van der Waals surface area contributed by atoms with Gasteiger partial charge >= 0.3 is 0 Å². The van der Waals surface area contributed by atoms with Gasteiger partial charge in [0.05, 0.1) is 25.3 Å². The van der Waals surface area contributed by atoms with Gasteiger partial charge in [-0.15, -0.1) is 0 Å². The number of hydrogen-bond donors (Lipinski definition) is 3. The van der Waals surface area contributed by atoms with E-state index in [4.69, 9.17) is 9.73 Å². The fourth-order valence-electron chi connectivity index (χ4n) is 4.01. The van der Waals surface area contributed by atoms with E-state index in [1.54, 1.807) is 7.05 Å². The quantitative estimate of drug-likeness (QED) is 0.424. The number of amides is 1. The van der Waals surface area contributed by atoms with E-state index in [0.717, 1.165) is 69.6 Å². The van der Waals surface area contributed by atoms with Gasteiger partial charge in [-0.25, -0.2) is 0 Å². The van der Waals surface area contributed by atoms with Crippen LogP contribution >= 0.6 is 11.8 Å². The van der Waals surface area contributed by atoms with E-state index in [-0.39, 0.29) is 11.4 Å². The second kappa shape index (κ2) is 11.6. The number of carbonyl (C=O) groups excluding carboxylic acids is 1. The Morgan fingerprint density at radius 3 is 2.83 bits per heavy atom. The maximum atomic E-state index is 11.8. The minimum Gasteiger partial charge on any atom is -0.379 e. The summed E-state index contributed by atoms with van der Waals surface area (Å²) >= 11 is 2.04. The Labute approximate surface area is 184 Å². The van der Waals surface area contributed by atoms with E-state index < -0.39 is 0 Å². The zero-order chi connectivity index (χ0) is 21.2. The largest absolute Gasteiger partial charge is 0.379 e. The third kappa shape index (κ3) is 6.12. The minimum atomic E-state index is -0.0532. The number of ether oxygens (including phenoxy) is 1. The van der Waals surface area contributed by atoms with E-state index >= 15 is 0 Å². The van der Waals surface area contributed by atoms with Gasteiger partial charge in [-0.05, 0) is 43.2 Å². The number of nitrogens with zero attached hydrogens (tertiary/aromatic N) is 2. The number of benzene rings is 1. The van der Waals surface area contributed by atoms with Crippen LogP contribution in [0.4, 0.5) is 0 Å².